The zero-order chi connectivity index (χ0) is 31.6. The quantitative estimate of drug-likeness (QED) is 0.205. The summed E-state index contributed by atoms with van der Waals surface area (Å²) >= 11 is 0. The van der Waals surface area contributed by atoms with Crippen molar-refractivity contribution in [2.24, 2.45) is 5.92 Å². The van der Waals surface area contributed by atoms with Crippen LogP contribution in [0.5, 0.6) is 0 Å². The van der Waals surface area contributed by atoms with Crippen molar-refractivity contribution in [1.82, 2.24) is 14.9 Å². The van der Waals surface area contributed by atoms with Crippen molar-refractivity contribution in [3.8, 4) is 0 Å². The zero-order valence-electron chi connectivity index (χ0n) is 24.5. The molecule has 2 saturated carbocycles. The summed E-state index contributed by atoms with van der Waals surface area (Å²) in [5, 5.41) is 5.30. The number of hydrogen-bond donors (Lipinski definition) is 3. The first-order valence-electron chi connectivity index (χ1n) is 14.9. The lowest BCUT2D eigenvalue weighted by molar-refractivity contribution is -0.138. The smallest absolute Gasteiger partial charge is 0.376 e. The third kappa shape index (κ3) is 7.61. The molecule has 3 N–H and O–H groups in total. The number of hydrogen-bond acceptors (Lipinski definition) is 6. The van der Waals surface area contributed by atoms with Crippen molar-refractivity contribution < 1.29 is 40.4 Å². The molecule has 0 unspecified atom stereocenters. The highest BCUT2D eigenvalue weighted by molar-refractivity contribution is 7.91. The van der Waals surface area contributed by atoms with Crippen LogP contribution in [0, 0.1) is 11.7 Å². The summed E-state index contributed by atoms with van der Waals surface area (Å²) in [6, 6.07) is 0.941. The molecule has 0 aromatic heterocycles. The minimum Gasteiger partial charge on any atom is -0.376 e. The van der Waals surface area contributed by atoms with Crippen molar-refractivity contribution in [3.63, 3.8) is 0 Å². The van der Waals surface area contributed by atoms with E-state index in [4.69, 9.17) is 0 Å². The Bertz CT molecular complexity index is 1330. The first-order valence-corrected chi connectivity index (χ1v) is 16.4. The number of anilines is 1. The molecule has 3 atom stereocenters. The Morgan fingerprint density at radius 2 is 1.77 bits per heavy atom. The van der Waals surface area contributed by atoms with Crippen LogP contribution < -0.4 is 15.4 Å². The molecule has 3 amide bonds. The molecule has 1 aliphatic heterocycles. The van der Waals surface area contributed by atoms with Gasteiger partial charge in [0.2, 0.25) is 21.8 Å². The van der Waals surface area contributed by atoms with Crippen LogP contribution in [0.2, 0.25) is 0 Å². The van der Waals surface area contributed by atoms with Gasteiger partial charge >= 0.3 is 6.18 Å². The van der Waals surface area contributed by atoms with E-state index in [0.29, 0.717) is 44.2 Å². The molecule has 4 rings (SSSR count). The molecule has 43 heavy (non-hydrogen) atoms. The number of halogens is 4. The van der Waals surface area contributed by atoms with Gasteiger partial charge in [0.25, 0.3) is 5.91 Å². The van der Waals surface area contributed by atoms with E-state index in [-0.39, 0.29) is 24.6 Å². The molecule has 3 aliphatic rings. The highest BCUT2D eigenvalue weighted by atomic mass is 32.2. The van der Waals surface area contributed by atoms with E-state index in [0.717, 1.165) is 38.2 Å². The maximum atomic E-state index is 13.8. The van der Waals surface area contributed by atoms with Gasteiger partial charge in [0.1, 0.15) is 17.4 Å². The largest absolute Gasteiger partial charge is 0.416 e. The fourth-order valence-electron chi connectivity index (χ4n) is 5.72. The van der Waals surface area contributed by atoms with Gasteiger partial charge in [0.05, 0.1) is 16.9 Å². The summed E-state index contributed by atoms with van der Waals surface area (Å²) in [5.41, 5.74) is -2.83. The molecule has 0 bridgehead atoms. The fraction of sp³-hybridized carbons (Fsp3) is 0.690. The first kappa shape index (κ1) is 33.0. The second kappa shape index (κ2) is 12.6. The van der Waals surface area contributed by atoms with Crippen LogP contribution in [-0.4, -0.2) is 60.5 Å². The number of alkyl halides is 3. The minimum absolute atomic E-state index is 0.211. The first-order chi connectivity index (χ1) is 20.1. The van der Waals surface area contributed by atoms with Crippen LogP contribution in [0.4, 0.5) is 23.2 Å². The maximum absolute atomic E-state index is 13.8. The summed E-state index contributed by atoms with van der Waals surface area (Å²) in [6.07, 6.45) is 2.81. The van der Waals surface area contributed by atoms with E-state index >= 15 is 0 Å². The Labute approximate surface area is 249 Å². The molecule has 0 radical (unpaired) electrons. The summed E-state index contributed by atoms with van der Waals surface area (Å²) in [6.45, 7) is 3.40. The van der Waals surface area contributed by atoms with Gasteiger partial charge in [-0.2, -0.15) is 13.2 Å². The molecular formula is C29H40F4N4O5S. The number of carbonyl (C=O) groups excluding carboxylic acids is 3. The van der Waals surface area contributed by atoms with Gasteiger partial charge in [0.15, 0.2) is 0 Å². The predicted octanol–water partition coefficient (Wildman–Crippen LogP) is 4.48. The second-order valence-electron chi connectivity index (χ2n) is 12.3. The topological polar surface area (TPSA) is 125 Å². The molecule has 1 aromatic carbocycles. The van der Waals surface area contributed by atoms with Gasteiger partial charge < -0.3 is 15.5 Å². The Balaban J connectivity index is 1.42. The second-order valence-corrected chi connectivity index (χ2v) is 14.5. The van der Waals surface area contributed by atoms with E-state index in [2.05, 4.69) is 22.3 Å². The normalized spacial score (nSPS) is 24.4. The molecule has 1 aromatic rings. The monoisotopic (exact) mass is 632 g/mol. The summed E-state index contributed by atoms with van der Waals surface area (Å²) in [7, 11) is -3.93. The number of amides is 3. The number of nitrogens with one attached hydrogen (secondary N) is 3. The number of unbranched alkanes of at least 4 members (excludes halogenated alkanes) is 4. The number of sulfonamides is 1. The molecule has 14 heteroatoms. The molecule has 2 aliphatic carbocycles. The number of nitrogens with zero attached hydrogens (tertiary/aromatic N) is 1. The Morgan fingerprint density at radius 3 is 2.42 bits per heavy atom. The summed E-state index contributed by atoms with van der Waals surface area (Å²) < 4.78 is 79.7. The number of likely N-dealkylation sites (tertiary alicyclic amines) is 1. The van der Waals surface area contributed by atoms with E-state index < -0.39 is 68.2 Å². The van der Waals surface area contributed by atoms with Crippen molar-refractivity contribution in [3.05, 3.63) is 29.6 Å². The van der Waals surface area contributed by atoms with Crippen LogP contribution in [0.1, 0.15) is 90.0 Å². The highest BCUT2D eigenvalue weighted by Crippen LogP contribution is 2.49. The molecule has 240 valence electrons. The highest BCUT2D eigenvalue weighted by Gasteiger charge is 2.63. The maximum Gasteiger partial charge on any atom is 0.416 e. The molecule has 9 nitrogen and oxygen atoms in total. The van der Waals surface area contributed by atoms with Gasteiger partial charge in [0, 0.05) is 12.2 Å². The standard InChI is InChI=1S/C29H40F4N4O5S/c1-3-4-5-6-7-9-19-17-28(19,26(40)36-43(41,42)27(2)11-12-27)35-25(39)23-10-8-13-37(23)24(38)18-34-22-15-20(29(31,32)33)14-21(30)16-22/h14-16,19,23,34H,3-13,17-18H2,1-2H3,(H,35,39)(H,36,40)/t19-,23+,28-/m1/s1. The number of benzene rings is 1. The van der Waals surface area contributed by atoms with Gasteiger partial charge in [-0.05, 0) is 69.6 Å². The summed E-state index contributed by atoms with van der Waals surface area (Å²) in [5.74, 6) is -3.30. The lowest BCUT2D eigenvalue weighted by Gasteiger charge is -2.27. The van der Waals surface area contributed by atoms with Crippen molar-refractivity contribution >= 4 is 33.4 Å². The van der Waals surface area contributed by atoms with Crippen molar-refractivity contribution in [1.29, 1.82) is 0 Å². The molecular weight excluding hydrogens is 592 g/mol. The third-order valence-corrected chi connectivity index (χ3v) is 11.0. The van der Waals surface area contributed by atoms with Crippen molar-refractivity contribution in [2.45, 2.75) is 107 Å². The molecule has 1 saturated heterocycles. The van der Waals surface area contributed by atoms with E-state index in [1.54, 1.807) is 6.92 Å². The minimum atomic E-state index is -4.77. The zero-order valence-corrected chi connectivity index (χ0v) is 25.3. The average molecular weight is 633 g/mol. The van der Waals surface area contributed by atoms with Crippen molar-refractivity contribution in [2.75, 3.05) is 18.4 Å². The molecule has 3 fully saturated rings. The Morgan fingerprint density at radius 1 is 1.07 bits per heavy atom. The van der Waals surface area contributed by atoms with Crippen LogP contribution in [0.15, 0.2) is 18.2 Å². The summed E-state index contributed by atoms with van der Waals surface area (Å²) in [4.78, 5) is 41.2. The average Bonchev–Trinajstić information content (AvgIpc) is 3.78. The van der Waals surface area contributed by atoms with Gasteiger partial charge in [-0.1, -0.05) is 39.0 Å². The lowest BCUT2D eigenvalue weighted by atomic mass is 10.0. The van der Waals surface area contributed by atoms with E-state index in [1.807, 2.05) is 0 Å². The van der Waals surface area contributed by atoms with Crippen LogP contribution in [0.25, 0.3) is 0 Å². The van der Waals surface area contributed by atoms with E-state index in [1.165, 1.54) is 4.90 Å². The number of carbonyl (C=O) groups is 3. The predicted molar refractivity (Wildman–Crippen MR) is 152 cm³/mol. The molecule has 1 heterocycles. The Kier molecular flexibility index (Phi) is 9.68. The number of rotatable bonds is 14. The van der Waals surface area contributed by atoms with Crippen LogP contribution in [0.3, 0.4) is 0 Å². The SMILES string of the molecule is CCCCCCC[C@@H]1C[C@]1(NC(=O)[C@@H]1CCCN1C(=O)CNc1cc(F)cc(C(F)(F)F)c1)C(=O)NS(=O)(=O)C1(C)CC1. The van der Waals surface area contributed by atoms with Crippen LogP contribution >= 0.6 is 0 Å². The Hall–Kier alpha value is -2.90. The van der Waals surface area contributed by atoms with Gasteiger partial charge in [-0.3, -0.25) is 19.1 Å². The fourth-order valence-corrected chi connectivity index (χ4v) is 7.03. The third-order valence-electron chi connectivity index (χ3n) is 8.89. The lowest BCUT2D eigenvalue weighted by Crippen LogP contribution is -2.57. The van der Waals surface area contributed by atoms with Crippen LogP contribution in [-0.2, 0) is 30.6 Å². The van der Waals surface area contributed by atoms with Gasteiger partial charge in [-0.25, -0.2) is 12.8 Å². The van der Waals surface area contributed by atoms with E-state index in [9.17, 15) is 40.4 Å². The molecule has 0 spiro atoms. The van der Waals surface area contributed by atoms with Gasteiger partial charge in [-0.15, -0.1) is 0 Å².